The third kappa shape index (κ3) is 4.72. The Bertz CT molecular complexity index is 1110. The Balaban J connectivity index is 1.75. The molecule has 0 bridgehead atoms. The number of thiophene rings is 1. The number of carbonyl (C=O) groups excluding carboxylic acids is 1. The number of rotatable bonds is 7. The third-order valence-corrected chi connectivity index (χ3v) is 5.56. The number of hydrogen-bond acceptors (Lipinski definition) is 7. The summed E-state index contributed by atoms with van der Waals surface area (Å²) in [6.07, 6.45) is 1.49. The minimum absolute atomic E-state index is 0.0182. The average molecular weight is 478 g/mol. The van der Waals surface area contributed by atoms with Crippen molar-refractivity contribution in [2.24, 2.45) is 5.10 Å². The highest BCUT2D eigenvalue weighted by molar-refractivity contribution is 9.10. The molecule has 0 radical (unpaired) electrons. The van der Waals surface area contributed by atoms with Gasteiger partial charge in [-0.1, -0.05) is 0 Å². The average Bonchev–Trinajstić information content (AvgIpc) is 3.13. The number of nitro groups is 1. The van der Waals surface area contributed by atoms with Gasteiger partial charge in [-0.25, -0.2) is 5.43 Å². The summed E-state index contributed by atoms with van der Waals surface area (Å²) in [6, 6.07) is 9.62. The number of non-ortho nitro benzene ring substituents is 1. The van der Waals surface area contributed by atoms with Crippen molar-refractivity contribution >= 4 is 55.2 Å². The van der Waals surface area contributed by atoms with E-state index in [0.29, 0.717) is 38.4 Å². The molecule has 0 saturated heterocycles. The Morgan fingerprint density at radius 2 is 2.14 bits per heavy atom. The minimum Gasteiger partial charge on any atom is -0.493 e. The van der Waals surface area contributed by atoms with E-state index in [1.807, 2.05) is 6.92 Å². The zero-order valence-corrected chi connectivity index (χ0v) is 17.9. The van der Waals surface area contributed by atoms with Crippen LogP contribution in [0.1, 0.15) is 22.2 Å². The summed E-state index contributed by atoms with van der Waals surface area (Å²) in [5, 5.41) is 15.5. The number of hydrogen-bond donors (Lipinski definition) is 1. The van der Waals surface area contributed by atoms with Gasteiger partial charge in [0.15, 0.2) is 11.5 Å². The van der Waals surface area contributed by atoms with Gasteiger partial charge >= 0.3 is 0 Å². The molecule has 0 fully saturated rings. The van der Waals surface area contributed by atoms with Crippen LogP contribution >= 0.6 is 27.3 Å². The molecular weight excluding hydrogens is 462 g/mol. The predicted molar refractivity (Wildman–Crippen MR) is 115 cm³/mol. The van der Waals surface area contributed by atoms with E-state index in [4.69, 9.17) is 9.47 Å². The molecule has 0 aliphatic heterocycles. The van der Waals surface area contributed by atoms with Crippen LogP contribution in [0.4, 0.5) is 5.69 Å². The number of fused-ring (bicyclic) bond motifs is 1. The van der Waals surface area contributed by atoms with Crippen molar-refractivity contribution in [3.8, 4) is 11.5 Å². The molecule has 0 aliphatic rings. The SMILES string of the molecule is CCOc1c(Br)cc(C=NNC(=O)c2cc3cc([N+](=O)[O-])ccc3s2)cc1OC. The van der Waals surface area contributed by atoms with Crippen LogP contribution in [0.15, 0.2) is 46.0 Å². The zero-order valence-electron chi connectivity index (χ0n) is 15.5. The van der Waals surface area contributed by atoms with Gasteiger partial charge in [-0.2, -0.15) is 5.10 Å². The molecule has 10 heteroatoms. The molecule has 0 spiro atoms. The van der Waals surface area contributed by atoms with Crippen LogP contribution in [0.5, 0.6) is 11.5 Å². The number of nitrogens with one attached hydrogen (secondary N) is 1. The molecule has 3 rings (SSSR count). The first-order chi connectivity index (χ1) is 13.9. The molecule has 1 aromatic heterocycles. The van der Waals surface area contributed by atoms with Crippen molar-refractivity contribution in [1.82, 2.24) is 5.43 Å². The zero-order chi connectivity index (χ0) is 21.0. The van der Waals surface area contributed by atoms with E-state index in [1.54, 1.807) is 31.4 Å². The number of benzene rings is 2. The maximum atomic E-state index is 12.4. The molecule has 150 valence electrons. The fraction of sp³-hybridized carbons (Fsp3) is 0.158. The van der Waals surface area contributed by atoms with Gasteiger partial charge in [0.2, 0.25) is 0 Å². The lowest BCUT2D eigenvalue weighted by Crippen LogP contribution is -2.16. The summed E-state index contributed by atoms with van der Waals surface area (Å²) in [5.41, 5.74) is 3.14. The number of nitrogens with zero attached hydrogens (tertiary/aromatic N) is 2. The van der Waals surface area contributed by atoms with Crippen molar-refractivity contribution in [2.45, 2.75) is 6.92 Å². The normalized spacial score (nSPS) is 11.0. The first kappa shape index (κ1) is 20.7. The van der Waals surface area contributed by atoms with E-state index < -0.39 is 10.8 Å². The minimum atomic E-state index is -0.468. The highest BCUT2D eigenvalue weighted by Crippen LogP contribution is 2.36. The number of hydrazone groups is 1. The molecule has 0 unspecified atom stereocenters. The van der Waals surface area contributed by atoms with E-state index in [9.17, 15) is 14.9 Å². The summed E-state index contributed by atoms with van der Waals surface area (Å²) >= 11 is 4.67. The molecule has 29 heavy (non-hydrogen) atoms. The summed E-state index contributed by atoms with van der Waals surface area (Å²) in [5.74, 6) is 0.734. The molecule has 0 saturated carbocycles. The lowest BCUT2D eigenvalue weighted by molar-refractivity contribution is -0.384. The van der Waals surface area contributed by atoms with Crippen LogP contribution in [-0.2, 0) is 0 Å². The second-order valence-electron chi connectivity index (χ2n) is 5.76. The van der Waals surface area contributed by atoms with Crippen LogP contribution < -0.4 is 14.9 Å². The van der Waals surface area contributed by atoms with Gasteiger partial charge in [0, 0.05) is 22.2 Å². The number of amides is 1. The molecule has 0 aliphatic carbocycles. The number of halogens is 1. The third-order valence-electron chi connectivity index (χ3n) is 3.85. The highest BCUT2D eigenvalue weighted by Gasteiger charge is 2.13. The Hall–Kier alpha value is -2.98. The van der Waals surface area contributed by atoms with Crippen molar-refractivity contribution in [3.05, 3.63) is 61.4 Å². The number of ether oxygens (including phenoxy) is 2. The smallest absolute Gasteiger partial charge is 0.281 e. The Labute approximate surface area is 178 Å². The van der Waals surface area contributed by atoms with Gasteiger partial charge in [-0.15, -0.1) is 11.3 Å². The largest absolute Gasteiger partial charge is 0.493 e. The summed E-state index contributed by atoms with van der Waals surface area (Å²) in [6.45, 7) is 2.37. The summed E-state index contributed by atoms with van der Waals surface area (Å²) < 4.78 is 12.4. The first-order valence-corrected chi connectivity index (χ1v) is 10.1. The van der Waals surface area contributed by atoms with Gasteiger partial charge in [-0.3, -0.25) is 14.9 Å². The van der Waals surface area contributed by atoms with E-state index in [0.717, 1.165) is 4.70 Å². The van der Waals surface area contributed by atoms with Gasteiger partial charge < -0.3 is 9.47 Å². The van der Waals surface area contributed by atoms with Gasteiger partial charge in [-0.05, 0) is 52.7 Å². The van der Waals surface area contributed by atoms with Crippen LogP contribution in [0.25, 0.3) is 10.1 Å². The summed E-state index contributed by atoms with van der Waals surface area (Å²) in [7, 11) is 1.54. The van der Waals surface area contributed by atoms with E-state index >= 15 is 0 Å². The Morgan fingerprint density at radius 3 is 2.83 bits per heavy atom. The van der Waals surface area contributed by atoms with Crippen LogP contribution in [0.2, 0.25) is 0 Å². The molecule has 3 aromatic rings. The van der Waals surface area contributed by atoms with Crippen molar-refractivity contribution in [3.63, 3.8) is 0 Å². The molecule has 1 amide bonds. The van der Waals surface area contributed by atoms with Crippen LogP contribution in [-0.4, -0.2) is 30.8 Å². The van der Waals surface area contributed by atoms with E-state index in [1.165, 1.54) is 29.7 Å². The van der Waals surface area contributed by atoms with E-state index in [2.05, 4.69) is 26.5 Å². The molecule has 8 nitrogen and oxygen atoms in total. The van der Waals surface area contributed by atoms with Crippen LogP contribution in [0.3, 0.4) is 0 Å². The lowest BCUT2D eigenvalue weighted by Gasteiger charge is -2.11. The van der Waals surface area contributed by atoms with Crippen molar-refractivity contribution < 1.29 is 19.2 Å². The Kier molecular flexibility index (Phi) is 6.45. The van der Waals surface area contributed by atoms with E-state index in [-0.39, 0.29) is 5.69 Å². The molecule has 2 aromatic carbocycles. The van der Waals surface area contributed by atoms with Crippen LogP contribution in [0, 0.1) is 10.1 Å². The predicted octanol–water partition coefficient (Wildman–Crippen LogP) is 4.74. The fourth-order valence-corrected chi connectivity index (χ4v) is 4.08. The van der Waals surface area contributed by atoms with Crippen molar-refractivity contribution in [1.29, 1.82) is 0 Å². The molecule has 1 N–H and O–H groups in total. The number of methoxy groups -OCH3 is 1. The van der Waals surface area contributed by atoms with Gasteiger partial charge in [0.25, 0.3) is 11.6 Å². The number of carbonyl (C=O) groups is 1. The Morgan fingerprint density at radius 1 is 1.34 bits per heavy atom. The molecular formula is C19H16BrN3O5S. The second-order valence-corrected chi connectivity index (χ2v) is 7.69. The first-order valence-electron chi connectivity index (χ1n) is 8.44. The van der Waals surface area contributed by atoms with Gasteiger partial charge in [0.1, 0.15) is 0 Å². The fourth-order valence-electron chi connectivity index (χ4n) is 2.58. The maximum absolute atomic E-state index is 12.4. The molecule has 0 atom stereocenters. The molecule has 1 heterocycles. The monoisotopic (exact) mass is 477 g/mol. The van der Waals surface area contributed by atoms with Gasteiger partial charge in [0.05, 0.1) is 34.2 Å². The lowest BCUT2D eigenvalue weighted by atomic mass is 10.2. The number of nitro benzene ring substituents is 1. The standard InChI is InChI=1S/C19H16BrN3O5S/c1-3-28-18-14(20)6-11(7-15(18)27-2)10-21-22-19(24)17-9-12-8-13(23(25)26)4-5-16(12)29-17/h4-10H,3H2,1-2H3,(H,22,24). The summed E-state index contributed by atoms with van der Waals surface area (Å²) in [4.78, 5) is 23.2. The highest BCUT2D eigenvalue weighted by atomic mass is 79.9. The maximum Gasteiger partial charge on any atom is 0.281 e. The van der Waals surface area contributed by atoms with Crippen molar-refractivity contribution in [2.75, 3.05) is 13.7 Å². The topological polar surface area (TPSA) is 103 Å². The quantitative estimate of drug-likeness (QED) is 0.300. The second kappa shape index (κ2) is 9.01.